The van der Waals surface area contributed by atoms with E-state index < -0.39 is 6.61 Å². The van der Waals surface area contributed by atoms with Gasteiger partial charge in [-0.05, 0) is 48.9 Å². The van der Waals surface area contributed by atoms with Crippen molar-refractivity contribution >= 4 is 17.5 Å². The minimum atomic E-state index is -2.90. The van der Waals surface area contributed by atoms with Gasteiger partial charge < -0.3 is 13.9 Å². The summed E-state index contributed by atoms with van der Waals surface area (Å²) in [5.41, 5.74) is 1.45. The van der Waals surface area contributed by atoms with E-state index in [9.17, 15) is 13.6 Å². The number of Topliss-reactive ketones (excluding diaryl/α,β-unsaturated/α-hetero) is 1. The Kier molecular flexibility index (Phi) is 6.59. The van der Waals surface area contributed by atoms with Gasteiger partial charge in [0.15, 0.2) is 12.4 Å². The molecule has 0 saturated carbocycles. The van der Waals surface area contributed by atoms with Crippen molar-refractivity contribution < 1.29 is 27.5 Å². The Morgan fingerprint density at radius 3 is 2.64 bits per heavy atom. The number of rotatable bonds is 9. The summed E-state index contributed by atoms with van der Waals surface area (Å²) in [4.78, 5) is 12.2. The normalized spacial score (nSPS) is 10.9. The quantitative estimate of drug-likeness (QED) is 0.382. The SMILES string of the molecule is Cc1cccc(OCc2nnc(SCC(=O)c3ccc(OC(F)F)cc3)o2)c1. The van der Waals surface area contributed by atoms with Crippen LogP contribution in [0.4, 0.5) is 8.78 Å². The van der Waals surface area contributed by atoms with E-state index in [1.807, 2.05) is 31.2 Å². The maximum Gasteiger partial charge on any atom is 0.387 e. The van der Waals surface area contributed by atoms with Crippen molar-refractivity contribution in [3.63, 3.8) is 0 Å². The average Bonchev–Trinajstić information content (AvgIpc) is 3.13. The smallest absolute Gasteiger partial charge is 0.387 e. The van der Waals surface area contributed by atoms with Gasteiger partial charge in [-0.1, -0.05) is 23.9 Å². The first-order chi connectivity index (χ1) is 13.5. The number of aromatic nitrogens is 2. The van der Waals surface area contributed by atoms with Crippen LogP contribution in [-0.4, -0.2) is 28.3 Å². The van der Waals surface area contributed by atoms with E-state index in [1.54, 1.807) is 0 Å². The maximum absolute atomic E-state index is 12.2. The summed E-state index contributed by atoms with van der Waals surface area (Å²) in [5, 5.41) is 8.00. The molecule has 0 radical (unpaired) electrons. The van der Waals surface area contributed by atoms with Crippen molar-refractivity contribution in [3.05, 3.63) is 65.5 Å². The molecule has 0 fully saturated rings. The van der Waals surface area contributed by atoms with Crippen molar-refractivity contribution in [3.8, 4) is 11.5 Å². The molecule has 0 aliphatic carbocycles. The fourth-order valence-corrected chi connectivity index (χ4v) is 2.91. The van der Waals surface area contributed by atoms with E-state index >= 15 is 0 Å². The molecule has 0 amide bonds. The summed E-state index contributed by atoms with van der Waals surface area (Å²) in [7, 11) is 0. The Hall–Kier alpha value is -2.94. The van der Waals surface area contributed by atoms with E-state index in [1.165, 1.54) is 24.3 Å². The molecule has 0 spiro atoms. The van der Waals surface area contributed by atoms with Crippen LogP contribution in [0.5, 0.6) is 11.5 Å². The molecular weight excluding hydrogens is 390 g/mol. The molecule has 0 bridgehead atoms. The predicted molar refractivity (Wildman–Crippen MR) is 97.9 cm³/mol. The summed E-state index contributed by atoms with van der Waals surface area (Å²) in [6.45, 7) is -0.819. The molecule has 0 unspecified atom stereocenters. The highest BCUT2D eigenvalue weighted by Gasteiger charge is 2.12. The largest absolute Gasteiger partial charge is 0.484 e. The zero-order valence-electron chi connectivity index (χ0n) is 14.8. The summed E-state index contributed by atoms with van der Waals surface area (Å²) in [6.07, 6.45) is 0. The van der Waals surface area contributed by atoms with Crippen LogP contribution in [0, 0.1) is 6.92 Å². The fraction of sp³-hybridized carbons (Fsp3) is 0.211. The number of hydrogen-bond acceptors (Lipinski definition) is 7. The second kappa shape index (κ2) is 9.32. The van der Waals surface area contributed by atoms with Gasteiger partial charge in [-0.2, -0.15) is 8.78 Å². The number of aryl methyl sites for hydroxylation is 1. The highest BCUT2D eigenvalue weighted by atomic mass is 32.2. The fourth-order valence-electron chi connectivity index (χ4n) is 2.24. The van der Waals surface area contributed by atoms with Gasteiger partial charge in [-0.25, -0.2) is 0 Å². The van der Waals surface area contributed by atoms with Crippen molar-refractivity contribution in [2.45, 2.75) is 25.4 Å². The third-order valence-electron chi connectivity index (χ3n) is 3.53. The topological polar surface area (TPSA) is 74.5 Å². The number of hydrogen-bond donors (Lipinski definition) is 0. The van der Waals surface area contributed by atoms with Crippen LogP contribution in [0.25, 0.3) is 0 Å². The van der Waals surface area contributed by atoms with Gasteiger partial charge >= 0.3 is 6.61 Å². The van der Waals surface area contributed by atoms with Crippen LogP contribution in [-0.2, 0) is 6.61 Å². The Labute approximate surface area is 163 Å². The lowest BCUT2D eigenvalue weighted by molar-refractivity contribution is -0.0498. The number of carbonyl (C=O) groups is 1. The average molecular weight is 406 g/mol. The molecule has 0 atom stereocenters. The van der Waals surface area contributed by atoms with Crippen LogP contribution in [0.2, 0.25) is 0 Å². The minimum Gasteiger partial charge on any atom is -0.484 e. The number of alkyl halides is 2. The Balaban J connectivity index is 1.49. The Bertz CT molecular complexity index is 932. The standard InChI is InChI=1S/C19H16F2N2O4S/c1-12-3-2-4-15(9-12)25-10-17-22-23-19(27-17)28-11-16(24)13-5-7-14(8-6-13)26-18(20)21/h2-9,18H,10-11H2,1H3. The van der Waals surface area contributed by atoms with Crippen LogP contribution < -0.4 is 9.47 Å². The highest BCUT2D eigenvalue weighted by molar-refractivity contribution is 7.99. The Morgan fingerprint density at radius 1 is 1.14 bits per heavy atom. The second-order valence-corrected chi connectivity index (χ2v) is 6.61. The first-order valence-corrected chi connectivity index (χ1v) is 9.21. The predicted octanol–water partition coefficient (Wildman–Crippen LogP) is 4.53. The second-order valence-electron chi connectivity index (χ2n) is 5.68. The number of benzene rings is 2. The van der Waals surface area contributed by atoms with Gasteiger partial charge in [0.1, 0.15) is 11.5 Å². The van der Waals surface area contributed by atoms with Crippen LogP contribution in [0.1, 0.15) is 21.8 Å². The number of thioether (sulfide) groups is 1. The van der Waals surface area contributed by atoms with E-state index in [4.69, 9.17) is 9.15 Å². The van der Waals surface area contributed by atoms with Gasteiger partial charge in [0.25, 0.3) is 11.1 Å². The lowest BCUT2D eigenvalue weighted by atomic mass is 10.1. The molecular formula is C19H16F2N2O4S. The first kappa shape index (κ1) is 19.8. The molecule has 1 heterocycles. The molecule has 2 aromatic carbocycles. The maximum atomic E-state index is 12.2. The van der Waals surface area contributed by atoms with Crippen LogP contribution >= 0.6 is 11.8 Å². The molecule has 0 aliphatic rings. The Morgan fingerprint density at radius 2 is 1.93 bits per heavy atom. The van der Waals surface area contributed by atoms with Gasteiger partial charge in [-0.3, -0.25) is 4.79 Å². The lowest BCUT2D eigenvalue weighted by Gasteiger charge is -2.05. The number of ketones is 1. The van der Waals surface area contributed by atoms with E-state index in [2.05, 4.69) is 14.9 Å². The molecule has 1 aromatic heterocycles. The molecule has 9 heteroatoms. The van der Waals surface area contributed by atoms with Crippen molar-refractivity contribution in [2.24, 2.45) is 0 Å². The van der Waals surface area contributed by atoms with Crippen molar-refractivity contribution in [2.75, 3.05) is 5.75 Å². The molecule has 0 N–H and O–H groups in total. The first-order valence-electron chi connectivity index (χ1n) is 8.22. The van der Waals surface area contributed by atoms with Gasteiger partial charge in [0, 0.05) is 5.56 Å². The van der Waals surface area contributed by atoms with Gasteiger partial charge in [0.2, 0.25) is 0 Å². The van der Waals surface area contributed by atoms with Gasteiger partial charge in [-0.15, -0.1) is 10.2 Å². The number of carbonyl (C=O) groups excluding carboxylic acids is 1. The number of ether oxygens (including phenoxy) is 2. The molecule has 0 aliphatic heterocycles. The number of nitrogens with zero attached hydrogens (tertiary/aromatic N) is 2. The summed E-state index contributed by atoms with van der Waals surface area (Å²) in [6, 6.07) is 13.1. The lowest BCUT2D eigenvalue weighted by Crippen LogP contribution is -2.04. The third-order valence-corrected chi connectivity index (χ3v) is 4.35. The van der Waals surface area contributed by atoms with E-state index in [-0.39, 0.29) is 29.1 Å². The van der Waals surface area contributed by atoms with Crippen molar-refractivity contribution in [1.82, 2.24) is 10.2 Å². The molecule has 0 saturated heterocycles. The highest BCUT2D eigenvalue weighted by Crippen LogP contribution is 2.21. The van der Waals surface area contributed by atoms with E-state index in [0.717, 1.165) is 17.3 Å². The summed E-state index contributed by atoms with van der Waals surface area (Å²) >= 11 is 1.09. The monoisotopic (exact) mass is 406 g/mol. The number of halogens is 2. The molecule has 28 heavy (non-hydrogen) atoms. The third kappa shape index (κ3) is 5.78. The zero-order chi connectivity index (χ0) is 19.9. The van der Waals surface area contributed by atoms with Crippen molar-refractivity contribution in [1.29, 1.82) is 0 Å². The molecule has 3 aromatic rings. The van der Waals surface area contributed by atoms with Gasteiger partial charge in [0.05, 0.1) is 5.75 Å². The zero-order valence-corrected chi connectivity index (χ0v) is 15.6. The molecule has 146 valence electrons. The minimum absolute atomic E-state index is 0.00523. The molecule has 3 rings (SSSR count). The van der Waals surface area contributed by atoms with E-state index in [0.29, 0.717) is 17.2 Å². The summed E-state index contributed by atoms with van der Waals surface area (Å²) < 4.78 is 39.5. The molecule has 6 nitrogen and oxygen atoms in total. The van der Waals surface area contributed by atoms with Crippen LogP contribution in [0.3, 0.4) is 0 Å². The van der Waals surface area contributed by atoms with Crippen LogP contribution in [0.15, 0.2) is 58.2 Å². The summed E-state index contributed by atoms with van der Waals surface area (Å²) in [5.74, 6) is 0.848.